The molecular weight excluding hydrogens is 212 g/mol. The third-order valence-corrected chi connectivity index (χ3v) is 5.03. The van der Waals surface area contributed by atoms with Crippen molar-refractivity contribution in [3.05, 3.63) is 0 Å². The SMILES string of the molecule is O[C@@H]1CCCC[C@H]1N1CCN2CCCCC2C1. The van der Waals surface area contributed by atoms with Crippen molar-refractivity contribution < 1.29 is 5.11 Å². The summed E-state index contributed by atoms with van der Waals surface area (Å²) in [6.45, 7) is 4.93. The highest BCUT2D eigenvalue weighted by Gasteiger charge is 2.35. The molecule has 0 aromatic heterocycles. The average molecular weight is 238 g/mol. The van der Waals surface area contributed by atoms with Gasteiger partial charge in [0.15, 0.2) is 0 Å². The van der Waals surface area contributed by atoms with E-state index in [2.05, 4.69) is 9.80 Å². The molecule has 1 unspecified atom stereocenters. The minimum Gasteiger partial charge on any atom is -0.391 e. The van der Waals surface area contributed by atoms with E-state index in [0.29, 0.717) is 6.04 Å². The van der Waals surface area contributed by atoms with Crippen molar-refractivity contribution in [1.82, 2.24) is 9.80 Å². The van der Waals surface area contributed by atoms with Gasteiger partial charge in [0, 0.05) is 31.7 Å². The maximum Gasteiger partial charge on any atom is 0.0695 e. The van der Waals surface area contributed by atoms with Gasteiger partial charge in [0.2, 0.25) is 0 Å². The van der Waals surface area contributed by atoms with Crippen LogP contribution in [0.2, 0.25) is 0 Å². The van der Waals surface area contributed by atoms with E-state index in [9.17, 15) is 5.11 Å². The number of hydrogen-bond acceptors (Lipinski definition) is 3. The molecule has 1 aliphatic carbocycles. The molecule has 3 aliphatic rings. The van der Waals surface area contributed by atoms with E-state index in [1.807, 2.05) is 0 Å². The molecule has 2 heterocycles. The van der Waals surface area contributed by atoms with Gasteiger partial charge in [-0.2, -0.15) is 0 Å². The Labute approximate surface area is 105 Å². The van der Waals surface area contributed by atoms with Crippen LogP contribution < -0.4 is 0 Å². The largest absolute Gasteiger partial charge is 0.391 e. The Balaban J connectivity index is 1.60. The lowest BCUT2D eigenvalue weighted by Gasteiger charge is -2.48. The molecule has 2 aliphatic heterocycles. The summed E-state index contributed by atoms with van der Waals surface area (Å²) in [6, 6.07) is 1.25. The monoisotopic (exact) mass is 238 g/mol. The Morgan fingerprint density at radius 2 is 1.53 bits per heavy atom. The van der Waals surface area contributed by atoms with Crippen LogP contribution in [0.1, 0.15) is 44.9 Å². The molecule has 17 heavy (non-hydrogen) atoms. The summed E-state index contributed by atoms with van der Waals surface area (Å²) in [7, 11) is 0. The first-order valence-electron chi connectivity index (χ1n) is 7.51. The van der Waals surface area contributed by atoms with Crippen molar-refractivity contribution in [2.24, 2.45) is 0 Å². The first kappa shape index (κ1) is 11.9. The van der Waals surface area contributed by atoms with Gasteiger partial charge in [-0.05, 0) is 32.2 Å². The van der Waals surface area contributed by atoms with Crippen molar-refractivity contribution in [1.29, 1.82) is 0 Å². The molecule has 0 aromatic carbocycles. The van der Waals surface area contributed by atoms with Gasteiger partial charge in [-0.1, -0.05) is 19.3 Å². The second-order valence-corrected chi connectivity index (χ2v) is 6.10. The second-order valence-electron chi connectivity index (χ2n) is 6.10. The molecule has 0 aromatic rings. The summed E-state index contributed by atoms with van der Waals surface area (Å²) < 4.78 is 0. The number of nitrogens with zero attached hydrogens (tertiary/aromatic N) is 2. The average Bonchev–Trinajstić information content (AvgIpc) is 2.39. The zero-order chi connectivity index (χ0) is 11.7. The molecule has 0 amide bonds. The molecule has 3 nitrogen and oxygen atoms in total. The zero-order valence-electron chi connectivity index (χ0n) is 10.9. The Bertz CT molecular complexity index is 259. The highest BCUT2D eigenvalue weighted by molar-refractivity contribution is 4.91. The summed E-state index contributed by atoms with van der Waals surface area (Å²) in [5, 5.41) is 10.2. The van der Waals surface area contributed by atoms with E-state index in [4.69, 9.17) is 0 Å². The molecule has 3 rings (SSSR count). The number of aliphatic hydroxyl groups is 1. The van der Waals surface area contributed by atoms with Crippen molar-refractivity contribution in [2.45, 2.75) is 63.1 Å². The third-order valence-electron chi connectivity index (χ3n) is 5.03. The molecule has 1 N–H and O–H groups in total. The lowest BCUT2D eigenvalue weighted by molar-refractivity contribution is -0.0299. The Hall–Kier alpha value is -0.120. The van der Waals surface area contributed by atoms with Crippen molar-refractivity contribution in [3.63, 3.8) is 0 Å². The summed E-state index contributed by atoms with van der Waals surface area (Å²) >= 11 is 0. The first-order chi connectivity index (χ1) is 8.34. The number of rotatable bonds is 1. The van der Waals surface area contributed by atoms with Gasteiger partial charge >= 0.3 is 0 Å². The lowest BCUT2D eigenvalue weighted by atomic mass is 9.89. The lowest BCUT2D eigenvalue weighted by Crippen LogP contribution is -2.59. The van der Waals surface area contributed by atoms with Crippen LogP contribution in [0.4, 0.5) is 0 Å². The van der Waals surface area contributed by atoms with E-state index in [1.54, 1.807) is 0 Å². The minimum atomic E-state index is -0.0566. The van der Waals surface area contributed by atoms with Crippen molar-refractivity contribution in [3.8, 4) is 0 Å². The predicted molar refractivity (Wildman–Crippen MR) is 69.0 cm³/mol. The van der Waals surface area contributed by atoms with Crippen LogP contribution in [0.15, 0.2) is 0 Å². The van der Waals surface area contributed by atoms with Gasteiger partial charge in [-0.15, -0.1) is 0 Å². The number of fused-ring (bicyclic) bond motifs is 1. The van der Waals surface area contributed by atoms with Gasteiger partial charge < -0.3 is 5.11 Å². The van der Waals surface area contributed by atoms with E-state index in [0.717, 1.165) is 12.5 Å². The highest BCUT2D eigenvalue weighted by atomic mass is 16.3. The minimum absolute atomic E-state index is 0.0566. The predicted octanol–water partition coefficient (Wildman–Crippen LogP) is 1.46. The van der Waals surface area contributed by atoms with E-state index in [1.165, 1.54) is 64.7 Å². The topological polar surface area (TPSA) is 26.7 Å². The Morgan fingerprint density at radius 3 is 2.41 bits per heavy atom. The van der Waals surface area contributed by atoms with Crippen LogP contribution in [0.5, 0.6) is 0 Å². The van der Waals surface area contributed by atoms with E-state index < -0.39 is 0 Å². The maximum absolute atomic E-state index is 10.2. The molecule has 3 fully saturated rings. The fourth-order valence-corrected chi connectivity index (χ4v) is 4.00. The molecule has 1 saturated carbocycles. The molecule has 3 atom stereocenters. The van der Waals surface area contributed by atoms with Crippen LogP contribution in [-0.4, -0.2) is 59.3 Å². The van der Waals surface area contributed by atoms with E-state index in [-0.39, 0.29) is 6.10 Å². The van der Waals surface area contributed by atoms with Gasteiger partial charge in [-0.3, -0.25) is 9.80 Å². The number of piperidine rings is 1. The molecule has 98 valence electrons. The normalized spacial score (nSPS) is 41.1. The van der Waals surface area contributed by atoms with Gasteiger partial charge in [0.25, 0.3) is 0 Å². The van der Waals surface area contributed by atoms with Gasteiger partial charge in [-0.25, -0.2) is 0 Å². The van der Waals surface area contributed by atoms with Crippen molar-refractivity contribution >= 4 is 0 Å². The van der Waals surface area contributed by atoms with Crippen LogP contribution in [0.3, 0.4) is 0 Å². The summed E-state index contributed by atoms with van der Waals surface area (Å²) in [5.74, 6) is 0. The Kier molecular flexibility index (Phi) is 3.69. The van der Waals surface area contributed by atoms with E-state index >= 15 is 0 Å². The quantitative estimate of drug-likeness (QED) is 0.749. The fraction of sp³-hybridized carbons (Fsp3) is 1.00. The van der Waals surface area contributed by atoms with Gasteiger partial charge in [0.1, 0.15) is 0 Å². The van der Waals surface area contributed by atoms with Crippen molar-refractivity contribution in [2.75, 3.05) is 26.2 Å². The Morgan fingerprint density at radius 1 is 0.765 bits per heavy atom. The fourth-order valence-electron chi connectivity index (χ4n) is 4.00. The van der Waals surface area contributed by atoms with Crippen LogP contribution in [0, 0.1) is 0 Å². The standard InChI is InChI=1S/C14H26N2O/c17-14-7-2-1-6-13(14)16-10-9-15-8-4-3-5-12(15)11-16/h12-14,17H,1-11H2/t12?,13-,14-/m1/s1. The summed E-state index contributed by atoms with van der Waals surface area (Å²) in [6.07, 6.45) is 8.89. The summed E-state index contributed by atoms with van der Waals surface area (Å²) in [5.41, 5.74) is 0. The molecule has 0 radical (unpaired) electrons. The third kappa shape index (κ3) is 2.51. The van der Waals surface area contributed by atoms with Crippen LogP contribution in [0.25, 0.3) is 0 Å². The zero-order valence-corrected chi connectivity index (χ0v) is 10.9. The second kappa shape index (κ2) is 5.25. The molecule has 0 bridgehead atoms. The smallest absolute Gasteiger partial charge is 0.0695 e. The highest BCUT2D eigenvalue weighted by Crippen LogP contribution is 2.28. The number of hydrogen-bond donors (Lipinski definition) is 1. The van der Waals surface area contributed by atoms with Crippen LogP contribution in [-0.2, 0) is 0 Å². The van der Waals surface area contributed by atoms with Crippen LogP contribution >= 0.6 is 0 Å². The molecule has 2 saturated heterocycles. The number of piperazine rings is 1. The number of aliphatic hydroxyl groups excluding tert-OH is 1. The molecule has 3 heteroatoms. The molecule has 0 spiro atoms. The maximum atomic E-state index is 10.2. The summed E-state index contributed by atoms with van der Waals surface area (Å²) in [4.78, 5) is 5.27. The first-order valence-corrected chi connectivity index (χ1v) is 7.51. The molecular formula is C14H26N2O. The van der Waals surface area contributed by atoms with Gasteiger partial charge in [0.05, 0.1) is 6.10 Å².